The summed E-state index contributed by atoms with van der Waals surface area (Å²) in [5.74, 6) is -1.70. The van der Waals surface area contributed by atoms with Crippen molar-refractivity contribution in [3.8, 4) is 0 Å². The fourth-order valence-corrected chi connectivity index (χ4v) is 2.28. The van der Waals surface area contributed by atoms with Gasteiger partial charge in [-0.15, -0.1) is 0 Å². The molecule has 1 heterocycles. The zero-order valence-electron chi connectivity index (χ0n) is 10.1. The molecule has 0 aromatic heterocycles. The zero-order valence-corrected chi connectivity index (χ0v) is 10.1. The van der Waals surface area contributed by atoms with E-state index in [2.05, 4.69) is 0 Å². The molecule has 0 spiro atoms. The molecule has 1 aliphatic rings. The highest BCUT2D eigenvalue weighted by Crippen LogP contribution is 2.33. The van der Waals surface area contributed by atoms with Crippen LogP contribution in [0.15, 0.2) is 24.3 Å². The third kappa shape index (κ3) is 2.90. The van der Waals surface area contributed by atoms with Crippen LogP contribution in [0.4, 0.5) is 5.69 Å². The van der Waals surface area contributed by atoms with Gasteiger partial charge in [-0.05, 0) is 0 Å². The lowest BCUT2D eigenvalue weighted by Gasteiger charge is -2.22. The van der Waals surface area contributed by atoms with E-state index in [-0.39, 0.29) is 18.5 Å². The van der Waals surface area contributed by atoms with Gasteiger partial charge < -0.3 is 20.1 Å². The maximum atomic E-state index is 10.9. The SMILES string of the molecule is O=[N+]([O-])c1ccccc1C[C@@]1(O)C[C@H](O)[C@@H](CO)O1. The lowest BCUT2D eigenvalue weighted by atomic mass is 10.00. The first-order chi connectivity index (χ1) is 8.95. The van der Waals surface area contributed by atoms with Crippen LogP contribution in [-0.4, -0.2) is 44.8 Å². The van der Waals surface area contributed by atoms with Crippen LogP contribution in [0.2, 0.25) is 0 Å². The summed E-state index contributed by atoms with van der Waals surface area (Å²) in [6.07, 6.45) is -2.06. The smallest absolute Gasteiger partial charge is 0.272 e. The number of nitro benzene ring substituents is 1. The van der Waals surface area contributed by atoms with Crippen molar-refractivity contribution in [2.75, 3.05) is 6.61 Å². The molecular formula is C12H15NO6. The summed E-state index contributed by atoms with van der Waals surface area (Å²) < 4.78 is 5.18. The summed E-state index contributed by atoms with van der Waals surface area (Å²) in [6.45, 7) is -0.416. The number of benzene rings is 1. The summed E-state index contributed by atoms with van der Waals surface area (Å²) in [6, 6.07) is 6.03. The first-order valence-corrected chi connectivity index (χ1v) is 5.86. The maximum Gasteiger partial charge on any atom is 0.272 e. The van der Waals surface area contributed by atoms with E-state index in [0.29, 0.717) is 5.56 Å². The van der Waals surface area contributed by atoms with E-state index < -0.39 is 29.5 Å². The van der Waals surface area contributed by atoms with Gasteiger partial charge in [-0.1, -0.05) is 18.2 Å². The molecule has 19 heavy (non-hydrogen) atoms. The number of rotatable bonds is 4. The van der Waals surface area contributed by atoms with Crippen LogP contribution in [0.3, 0.4) is 0 Å². The molecule has 1 aliphatic heterocycles. The minimum atomic E-state index is -1.70. The number of hydrogen-bond donors (Lipinski definition) is 3. The van der Waals surface area contributed by atoms with E-state index >= 15 is 0 Å². The minimum absolute atomic E-state index is 0.0930. The zero-order chi connectivity index (χ0) is 14.0. The van der Waals surface area contributed by atoms with Crippen molar-refractivity contribution in [1.82, 2.24) is 0 Å². The highest BCUT2D eigenvalue weighted by atomic mass is 16.7. The van der Waals surface area contributed by atoms with E-state index in [0.717, 1.165) is 0 Å². The van der Waals surface area contributed by atoms with Gasteiger partial charge in [0.15, 0.2) is 5.79 Å². The largest absolute Gasteiger partial charge is 0.394 e. The van der Waals surface area contributed by atoms with Gasteiger partial charge in [-0.2, -0.15) is 0 Å². The van der Waals surface area contributed by atoms with Crippen molar-refractivity contribution in [2.45, 2.75) is 30.8 Å². The van der Waals surface area contributed by atoms with Gasteiger partial charge in [0.25, 0.3) is 5.69 Å². The van der Waals surface area contributed by atoms with Crippen LogP contribution < -0.4 is 0 Å². The fraction of sp³-hybridized carbons (Fsp3) is 0.500. The van der Waals surface area contributed by atoms with Crippen molar-refractivity contribution < 1.29 is 25.0 Å². The van der Waals surface area contributed by atoms with Gasteiger partial charge >= 0.3 is 0 Å². The van der Waals surface area contributed by atoms with Crippen molar-refractivity contribution in [3.63, 3.8) is 0 Å². The number of ether oxygens (including phenoxy) is 1. The van der Waals surface area contributed by atoms with Crippen LogP contribution in [0.5, 0.6) is 0 Å². The lowest BCUT2D eigenvalue weighted by Crippen LogP contribution is -2.32. The van der Waals surface area contributed by atoms with Gasteiger partial charge in [0.1, 0.15) is 6.10 Å². The number of para-hydroxylation sites is 1. The Morgan fingerprint density at radius 2 is 2.16 bits per heavy atom. The van der Waals surface area contributed by atoms with Crippen LogP contribution in [-0.2, 0) is 11.2 Å². The molecule has 1 aromatic carbocycles. The first kappa shape index (κ1) is 13.9. The van der Waals surface area contributed by atoms with Crippen molar-refractivity contribution >= 4 is 5.69 Å². The molecule has 0 aliphatic carbocycles. The highest BCUT2D eigenvalue weighted by molar-refractivity contribution is 5.40. The molecule has 7 heteroatoms. The Morgan fingerprint density at radius 1 is 1.47 bits per heavy atom. The number of hydrogen-bond acceptors (Lipinski definition) is 6. The second kappa shape index (κ2) is 5.22. The Labute approximate surface area is 109 Å². The average Bonchev–Trinajstić information content (AvgIpc) is 2.64. The Balaban J connectivity index is 2.20. The van der Waals surface area contributed by atoms with E-state index in [1.54, 1.807) is 6.07 Å². The standard InChI is InChI=1S/C12H15NO6/c14-7-11-10(15)6-12(16,19-11)5-8-3-1-2-4-9(8)13(17)18/h1-4,10-11,14-16H,5-7H2/t10-,11+,12-/m0/s1. The maximum absolute atomic E-state index is 10.9. The molecular weight excluding hydrogens is 254 g/mol. The Kier molecular flexibility index (Phi) is 3.81. The summed E-state index contributed by atoms with van der Waals surface area (Å²) in [5, 5.41) is 39.7. The van der Waals surface area contributed by atoms with Gasteiger partial charge in [0.2, 0.25) is 0 Å². The summed E-state index contributed by atoms with van der Waals surface area (Å²) in [4.78, 5) is 10.3. The van der Waals surface area contributed by atoms with E-state index in [9.17, 15) is 20.3 Å². The normalized spacial score (nSPS) is 30.5. The van der Waals surface area contributed by atoms with Crippen LogP contribution >= 0.6 is 0 Å². The van der Waals surface area contributed by atoms with E-state index in [1.807, 2.05) is 0 Å². The molecule has 3 N–H and O–H groups in total. The molecule has 1 fully saturated rings. The van der Waals surface area contributed by atoms with E-state index in [4.69, 9.17) is 9.84 Å². The summed E-state index contributed by atoms with van der Waals surface area (Å²) in [7, 11) is 0. The van der Waals surface area contributed by atoms with Crippen LogP contribution in [0, 0.1) is 10.1 Å². The molecule has 104 valence electrons. The third-order valence-corrected chi connectivity index (χ3v) is 3.16. The van der Waals surface area contributed by atoms with Crippen molar-refractivity contribution in [3.05, 3.63) is 39.9 Å². The van der Waals surface area contributed by atoms with Gasteiger partial charge in [-0.3, -0.25) is 10.1 Å². The monoisotopic (exact) mass is 269 g/mol. The fourth-order valence-electron chi connectivity index (χ4n) is 2.28. The molecule has 7 nitrogen and oxygen atoms in total. The van der Waals surface area contributed by atoms with Crippen molar-refractivity contribution in [2.24, 2.45) is 0 Å². The number of nitro groups is 1. The Morgan fingerprint density at radius 3 is 2.74 bits per heavy atom. The summed E-state index contributed by atoms with van der Waals surface area (Å²) >= 11 is 0. The van der Waals surface area contributed by atoms with Gasteiger partial charge in [0.05, 0.1) is 17.6 Å². The molecule has 0 radical (unpaired) electrons. The topological polar surface area (TPSA) is 113 Å². The molecule has 1 saturated heterocycles. The molecule has 0 amide bonds. The predicted molar refractivity (Wildman–Crippen MR) is 64.3 cm³/mol. The quantitative estimate of drug-likeness (QED) is 0.522. The molecule has 3 atom stereocenters. The number of nitrogens with zero attached hydrogens (tertiary/aromatic N) is 1. The molecule has 0 unspecified atom stereocenters. The second-order valence-electron chi connectivity index (χ2n) is 4.62. The first-order valence-electron chi connectivity index (χ1n) is 5.86. The lowest BCUT2D eigenvalue weighted by molar-refractivity contribution is -0.386. The highest BCUT2D eigenvalue weighted by Gasteiger charge is 2.45. The van der Waals surface area contributed by atoms with Gasteiger partial charge in [-0.25, -0.2) is 0 Å². The number of aliphatic hydroxyl groups is 3. The molecule has 1 aromatic rings. The average molecular weight is 269 g/mol. The van der Waals surface area contributed by atoms with Crippen molar-refractivity contribution in [1.29, 1.82) is 0 Å². The molecule has 2 rings (SSSR count). The summed E-state index contributed by atoms with van der Waals surface area (Å²) in [5.41, 5.74) is 0.210. The number of aliphatic hydroxyl groups excluding tert-OH is 2. The van der Waals surface area contributed by atoms with Crippen LogP contribution in [0.25, 0.3) is 0 Å². The molecule has 0 saturated carbocycles. The van der Waals surface area contributed by atoms with E-state index in [1.165, 1.54) is 18.2 Å². The van der Waals surface area contributed by atoms with Gasteiger partial charge in [0, 0.05) is 24.5 Å². The van der Waals surface area contributed by atoms with Crippen LogP contribution in [0.1, 0.15) is 12.0 Å². The Hall–Kier alpha value is -1.54. The minimum Gasteiger partial charge on any atom is -0.394 e. The third-order valence-electron chi connectivity index (χ3n) is 3.16. The molecule has 0 bridgehead atoms. The second-order valence-corrected chi connectivity index (χ2v) is 4.62. The predicted octanol–water partition coefficient (Wildman–Crippen LogP) is -0.0320. The Bertz CT molecular complexity index is 479.